The van der Waals surface area contributed by atoms with E-state index in [4.69, 9.17) is 9.84 Å². The number of carbonyl (C=O) groups excluding carboxylic acids is 1. The molecule has 0 aromatic heterocycles. The summed E-state index contributed by atoms with van der Waals surface area (Å²) in [6, 6.07) is -0.288. The topological polar surface area (TPSA) is 88.1 Å². The molecular formula is C10H16N2O5. The molecule has 0 spiro atoms. The molecule has 1 saturated carbocycles. The molecule has 2 aliphatic rings. The number of nitrogens with zero attached hydrogens (tertiary/aromatic N) is 1. The van der Waals surface area contributed by atoms with Crippen LogP contribution in [0.2, 0.25) is 0 Å². The molecule has 17 heavy (non-hydrogen) atoms. The van der Waals surface area contributed by atoms with Crippen molar-refractivity contribution in [2.24, 2.45) is 0 Å². The van der Waals surface area contributed by atoms with Crippen LogP contribution in [0.1, 0.15) is 19.3 Å². The summed E-state index contributed by atoms with van der Waals surface area (Å²) in [5, 5.41) is 8.38. The molecule has 7 heteroatoms. The fraction of sp³-hybridized carbons (Fsp3) is 0.800. The van der Waals surface area contributed by atoms with Gasteiger partial charge in [-0.3, -0.25) is 4.84 Å². The molecule has 1 heterocycles. The largest absolute Gasteiger partial charge is 0.479 e. The van der Waals surface area contributed by atoms with Gasteiger partial charge in [-0.15, -0.1) is 0 Å². The smallest absolute Gasteiger partial charge is 0.341 e. The Hall–Kier alpha value is -1.34. The number of hydroxylamine groups is 1. The third-order valence-corrected chi connectivity index (χ3v) is 3.10. The number of nitrogens with one attached hydrogen (secondary N) is 1. The monoisotopic (exact) mass is 244 g/mol. The highest BCUT2D eigenvalue weighted by Gasteiger charge is 2.38. The van der Waals surface area contributed by atoms with Crippen LogP contribution in [0.5, 0.6) is 0 Å². The van der Waals surface area contributed by atoms with Gasteiger partial charge in [-0.05, 0) is 19.3 Å². The van der Waals surface area contributed by atoms with E-state index in [-0.39, 0.29) is 18.2 Å². The Bertz CT molecular complexity index is 309. The number of rotatable bonds is 3. The van der Waals surface area contributed by atoms with Crippen molar-refractivity contribution in [1.29, 1.82) is 0 Å². The van der Waals surface area contributed by atoms with E-state index in [2.05, 4.69) is 10.3 Å². The Kier molecular flexibility index (Phi) is 3.80. The van der Waals surface area contributed by atoms with Gasteiger partial charge in [0.15, 0.2) is 6.61 Å². The Morgan fingerprint density at radius 2 is 2.29 bits per heavy atom. The number of carboxylic acid groups (broad SMARTS) is 1. The summed E-state index contributed by atoms with van der Waals surface area (Å²) in [6.07, 6.45) is 3.07. The summed E-state index contributed by atoms with van der Waals surface area (Å²) in [5.41, 5.74) is 2.15. The molecule has 2 unspecified atom stereocenters. The first-order valence-corrected chi connectivity index (χ1v) is 5.70. The number of ether oxygens (including phenoxy) is 1. The Morgan fingerprint density at radius 3 is 3.06 bits per heavy atom. The zero-order chi connectivity index (χ0) is 12.3. The van der Waals surface area contributed by atoms with Gasteiger partial charge in [0.25, 0.3) is 0 Å². The first-order valence-electron chi connectivity index (χ1n) is 5.70. The van der Waals surface area contributed by atoms with E-state index in [1.54, 1.807) is 4.90 Å². The third-order valence-electron chi connectivity index (χ3n) is 3.10. The van der Waals surface area contributed by atoms with E-state index in [1.165, 1.54) is 0 Å². The minimum absolute atomic E-state index is 0.0946. The molecule has 2 rings (SSSR count). The number of fused-ring (bicyclic) bond motifs is 1. The molecule has 2 atom stereocenters. The van der Waals surface area contributed by atoms with Gasteiger partial charge < -0.3 is 14.7 Å². The minimum Gasteiger partial charge on any atom is -0.479 e. The predicted octanol–water partition coefficient (Wildman–Crippen LogP) is -0.0345. The van der Waals surface area contributed by atoms with Gasteiger partial charge >= 0.3 is 12.0 Å². The quantitative estimate of drug-likeness (QED) is 0.680. The van der Waals surface area contributed by atoms with E-state index < -0.39 is 12.6 Å². The van der Waals surface area contributed by atoms with Crippen molar-refractivity contribution in [3.8, 4) is 0 Å². The summed E-state index contributed by atoms with van der Waals surface area (Å²) in [5.74, 6) is -1.12. The van der Waals surface area contributed by atoms with Gasteiger partial charge in [0.1, 0.15) is 0 Å². The van der Waals surface area contributed by atoms with Crippen LogP contribution < -0.4 is 5.48 Å². The number of urea groups is 1. The molecule has 7 nitrogen and oxygen atoms in total. The van der Waals surface area contributed by atoms with Crippen molar-refractivity contribution >= 4 is 12.0 Å². The van der Waals surface area contributed by atoms with Gasteiger partial charge in [-0.2, -0.15) is 0 Å². The van der Waals surface area contributed by atoms with Crippen molar-refractivity contribution in [3.63, 3.8) is 0 Å². The predicted molar refractivity (Wildman–Crippen MR) is 56.2 cm³/mol. The van der Waals surface area contributed by atoms with Crippen molar-refractivity contribution in [2.45, 2.75) is 31.4 Å². The molecule has 2 N–H and O–H groups in total. The van der Waals surface area contributed by atoms with E-state index in [0.717, 1.165) is 19.3 Å². The van der Waals surface area contributed by atoms with Gasteiger partial charge in [0, 0.05) is 6.54 Å². The van der Waals surface area contributed by atoms with Gasteiger partial charge in [0.2, 0.25) is 0 Å². The van der Waals surface area contributed by atoms with Gasteiger partial charge in [0.05, 0.1) is 18.8 Å². The molecule has 0 aromatic rings. The lowest BCUT2D eigenvalue weighted by Crippen LogP contribution is -2.54. The van der Waals surface area contributed by atoms with E-state index in [9.17, 15) is 9.59 Å². The van der Waals surface area contributed by atoms with Crippen molar-refractivity contribution in [3.05, 3.63) is 0 Å². The normalized spacial score (nSPS) is 27.6. The van der Waals surface area contributed by atoms with Crippen LogP contribution in [0, 0.1) is 0 Å². The SMILES string of the molecule is O=C(O)CONC(=O)N1CCOC2CCCC21. The first-order chi connectivity index (χ1) is 8.18. The number of morpholine rings is 1. The summed E-state index contributed by atoms with van der Waals surface area (Å²) >= 11 is 0. The maximum absolute atomic E-state index is 11.8. The number of carbonyl (C=O) groups is 2. The zero-order valence-corrected chi connectivity index (χ0v) is 9.42. The maximum atomic E-state index is 11.8. The van der Waals surface area contributed by atoms with Crippen molar-refractivity contribution in [2.75, 3.05) is 19.8 Å². The number of amides is 2. The second-order valence-electron chi connectivity index (χ2n) is 4.19. The van der Waals surface area contributed by atoms with Crippen LogP contribution >= 0.6 is 0 Å². The summed E-state index contributed by atoms with van der Waals surface area (Å²) < 4.78 is 5.57. The van der Waals surface area contributed by atoms with Crippen LogP contribution in [0.3, 0.4) is 0 Å². The molecule has 2 fully saturated rings. The summed E-state index contributed by atoms with van der Waals surface area (Å²) in [6.45, 7) is 0.501. The van der Waals surface area contributed by atoms with Crippen molar-refractivity contribution < 1.29 is 24.3 Å². The highest BCUT2D eigenvalue weighted by atomic mass is 16.7. The van der Waals surface area contributed by atoms with Gasteiger partial charge in [-0.25, -0.2) is 15.1 Å². The Labute approximate surface area is 98.6 Å². The second kappa shape index (κ2) is 5.33. The Balaban J connectivity index is 1.83. The van der Waals surface area contributed by atoms with Gasteiger partial charge in [-0.1, -0.05) is 0 Å². The van der Waals surface area contributed by atoms with E-state index >= 15 is 0 Å². The average Bonchev–Trinajstić information content (AvgIpc) is 2.75. The highest BCUT2D eigenvalue weighted by molar-refractivity contribution is 5.74. The molecule has 2 amide bonds. The lowest BCUT2D eigenvalue weighted by Gasteiger charge is -2.37. The number of aliphatic carboxylic acids is 1. The average molecular weight is 244 g/mol. The summed E-state index contributed by atoms with van der Waals surface area (Å²) in [7, 11) is 0. The van der Waals surface area contributed by atoms with Crippen LogP contribution in [-0.4, -0.2) is 53.9 Å². The zero-order valence-electron chi connectivity index (χ0n) is 9.42. The lowest BCUT2D eigenvalue weighted by atomic mass is 10.1. The standard InChI is InChI=1S/C10H16N2O5/c13-9(14)6-17-11-10(15)12-4-5-16-8-3-1-2-7(8)12/h7-8H,1-6H2,(H,11,15)(H,13,14). The molecule has 1 aliphatic heterocycles. The van der Waals surface area contributed by atoms with Crippen LogP contribution in [0.4, 0.5) is 4.79 Å². The van der Waals surface area contributed by atoms with E-state index in [1.807, 2.05) is 0 Å². The fourth-order valence-electron chi connectivity index (χ4n) is 2.40. The minimum atomic E-state index is -1.12. The second-order valence-corrected chi connectivity index (χ2v) is 4.19. The third kappa shape index (κ3) is 2.86. The maximum Gasteiger partial charge on any atom is 0.341 e. The highest BCUT2D eigenvalue weighted by Crippen LogP contribution is 2.29. The molecule has 1 aliphatic carbocycles. The number of hydrogen-bond donors (Lipinski definition) is 2. The molecule has 0 aromatic carbocycles. The van der Waals surface area contributed by atoms with E-state index in [0.29, 0.717) is 13.2 Å². The first kappa shape index (κ1) is 12.1. The Morgan fingerprint density at radius 1 is 1.47 bits per heavy atom. The van der Waals surface area contributed by atoms with Crippen LogP contribution in [0.25, 0.3) is 0 Å². The lowest BCUT2D eigenvalue weighted by molar-refractivity contribution is -0.144. The molecular weight excluding hydrogens is 228 g/mol. The number of hydrogen-bond acceptors (Lipinski definition) is 4. The molecule has 0 bridgehead atoms. The molecule has 0 radical (unpaired) electrons. The molecule has 1 saturated heterocycles. The fourth-order valence-corrected chi connectivity index (χ4v) is 2.40. The van der Waals surface area contributed by atoms with Crippen LogP contribution in [-0.2, 0) is 14.4 Å². The number of carboxylic acids is 1. The van der Waals surface area contributed by atoms with Crippen molar-refractivity contribution in [1.82, 2.24) is 10.4 Å². The summed E-state index contributed by atoms with van der Waals surface area (Å²) in [4.78, 5) is 28.2. The van der Waals surface area contributed by atoms with Crippen LogP contribution in [0.15, 0.2) is 0 Å². The molecule has 96 valence electrons.